The lowest BCUT2D eigenvalue weighted by molar-refractivity contribution is -0.274. The van der Waals surface area contributed by atoms with Crippen molar-refractivity contribution in [1.29, 1.82) is 0 Å². The minimum Gasteiger partial charge on any atom is -0.872 e. The number of aliphatic hydroxyl groups is 4. The number of fused-ring (bicyclic) bond motifs is 1. The normalized spacial score (nSPS) is 25.8. The van der Waals surface area contributed by atoms with Crippen molar-refractivity contribution in [3.05, 3.63) is 46.1 Å². The van der Waals surface area contributed by atoms with Crippen LogP contribution in [-0.2, 0) is 4.74 Å². The summed E-state index contributed by atoms with van der Waals surface area (Å²) in [5.41, 5.74) is -1.43. The molecule has 4 rings (SSSR count). The third kappa shape index (κ3) is 3.42. The second-order valence-corrected chi connectivity index (χ2v) is 7.44. The summed E-state index contributed by atoms with van der Waals surface area (Å²) in [4.78, 5) is 12.7. The van der Waals surface area contributed by atoms with E-state index in [-0.39, 0.29) is 22.7 Å². The van der Waals surface area contributed by atoms with Gasteiger partial charge < -0.3 is 50.0 Å². The second-order valence-electron chi connectivity index (χ2n) is 7.44. The molecule has 1 saturated heterocycles. The summed E-state index contributed by atoms with van der Waals surface area (Å²) in [6, 6.07) is 5.61. The standard InChI is InChI=1S/C21H20O11/c22-6-14-17(27)19(29)20(30)21(32-14)16-11(26)5-13-15(18(16)28)10(25)4-12(31-13)7-1-2-8(23)9(24)3-7/h1-5,14,17,19-24,26-30H,6H2/p-1/t14-,17-,19+,20-,21+/m1/s1. The van der Waals surface area contributed by atoms with Gasteiger partial charge in [-0.05, 0) is 18.2 Å². The highest BCUT2D eigenvalue weighted by molar-refractivity contribution is 5.88. The molecule has 1 fully saturated rings. The molecular weight excluding hydrogens is 428 g/mol. The predicted molar refractivity (Wildman–Crippen MR) is 105 cm³/mol. The van der Waals surface area contributed by atoms with Gasteiger partial charge in [-0.1, -0.05) is 5.75 Å². The van der Waals surface area contributed by atoms with E-state index >= 15 is 0 Å². The van der Waals surface area contributed by atoms with Crippen LogP contribution in [0.4, 0.5) is 0 Å². The summed E-state index contributed by atoms with van der Waals surface area (Å²) in [6.45, 7) is -0.741. The Hall–Kier alpha value is -3.35. The van der Waals surface area contributed by atoms with Crippen molar-refractivity contribution in [3.63, 3.8) is 0 Å². The average molecular weight is 447 g/mol. The van der Waals surface area contributed by atoms with Crippen LogP contribution in [-0.4, -0.2) is 66.8 Å². The molecule has 0 radical (unpaired) electrons. The summed E-state index contributed by atoms with van der Waals surface area (Å²) in [5, 5.41) is 81.7. The van der Waals surface area contributed by atoms with Crippen molar-refractivity contribution < 1.29 is 50.0 Å². The van der Waals surface area contributed by atoms with Crippen LogP contribution < -0.4 is 10.5 Å². The number of phenolic OH excluding ortho intramolecular Hbond substituents is 3. The smallest absolute Gasteiger partial charge is 0.192 e. The van der Waals surface area contributed by atoms with E-state index < -0.39 is 70.8 Å². The SMILES string of the molecule is O=c1cc(-c2ccc(O)c(O)c2)oc2cc(O)c([C@@H]3O[C@H](CO)[C@@H](O)[C@H](O)[C@H]3O)c([O-])c12. The first-order valence-electron chi connectivity index (χ1n) is 9.47. The van der Waals surface area contributed by atoms with Crippen LogP contribution in [0.5, 0.6) is 23.0 Å². The van der Waals surface area contributed by atoms with E-state index in [4.69, 9.17) is 9.15 Å². The van der Waals surface area contributed by atoms with Crippen LogP contribution in [0.15, 0.2) is 39.5 Å². The first-order valence-corrected chi connectivity index (χ1v) is 9.47. The summed E-state index contributed by atoms with van der Waals surface area (Å²) < 4.78 is 10.9. The molecule has 2 aromatic carbocycles. The van der Waals surface area contributed by atoms with Crippen molar-refractivity contribution in [2.45, 2.75) is 30.5 Å². The fraction of sp³-hybridized carbons (Fsp3) is 0.286. The van der Waals surface area contributed by atoms with Crippen LogP contribution in [0.25, 0.3) is 22.3 Å². The molecule has 0 spiro atoms. The van der Waals surface area contributed by atoms with E-state index in [2.05, 4.69) is 0 Å². The number of hydrogen-bond donors (Lipinski definition) is 7. The number of phenols is 3. The third-order valence-corrected chi connectivity index (χ3v) is 5.43. The number of benzene rings is 2. The molecule has 0 saturated carbocycles. The van der Waals surface area contributed by atoms with E-state index in [9.17, 15) is 45.6 Å². The molecule has 0 unspecified atom stereocenters. The summed E-state index contributed by atoms with van der Waals surface area (Å²) in [5.74, 6) is -2.65. The van der Waals surface area contributed by atoms with Crippen LogP contribution in [0.2, 0.25) is 0 Å². The maximum absolute atomic E-state index is 13.1. The highest BCUT2D eigenvalue weighted by atomic mass is 16.5. The van der Waals surface area contributed by atoms with Gasteiger partial charge in [0.15, 0.2) is 16.9 Å². The van der Waals surface area contributed by atoms with Gasteiger partial charge in [0.1, 0.15) is 47.6 Å². The van der Waals surface area contributed by atoms with Gasteiger partial charge in [-0.3, -0.25) is 4.79 Å². The van der Waals surface area contributed by atoms with Gasteiger partial charge in [0, 0.05) is 23.3 Å². The van der Waals surface area contributed by atoms with E-state index in [1.54, 1.807) is 0 Å². The van der Waals surface area contributed by atoms with Gasteiger partial charge in [-0.15, -0.1) is 0 Å². The lowest BCUT2D eigenvalue weighted by atomic mass is 9.89. The van der Waals surface area contributed by atoms with Crippen LogP contribution in [0.3, 0.4) is 0 Å². The topological polar surface area (TPSA) is 204 Å². The molecule has 11 heteroatoms. The molecule has 1 aliphatic heterocycles. The van der Waals surface area contributed by atoms with Crippen LogP contribution in [0.1, 0.15) is 11.7 Å². The zero-order chi connectivity index (χ0) is 23.3. The maximum Gasteiger partial charge on any atom is 0.192 e. The molecule has 3 aromatic rings. The van der Waals surface area contributed by atoms with Gasteiger partial charge in [0.2, 0.25) is 0 Å². The Labute approximate surface area is 179 Å². The summed E-state index contributed by atoms with van der Waals surface area (Å²) >= 11 is 0. The average Bonchev–Trinajstić information content (AvgIpc) is 2.74. The number of rotatable bonds is 3. The molecule has 11 nitrogen and oxygen atoms in total. The van der Waals surface area contributed by atoms with E-state index in [1.165, 1.54) is 12.1 Å². The van der Waals surface area contributed by atoms with Gasteiger partial charge in [-0.2, -0.15) is 0 Å². The number of ether oxygens (including phenoxy) is 1. The van der Waals surface area contributed by atoms with E-state index in [1.807, 2.05) is 0 Å². The highest BCUT2D eigenvalue weighted by Crippen LogP contribution is 2.43. The molecule has 32 heavy (non-hydrogen) atoms. The Bertz CT molecular complexity index is 1230. The molecule has 7 N–H and O–H groups in total. The first kappa shape index (κ1) is 21.9. The summed E-state index contributed by atoms with van der Waals surface area (Å²) in [7, 11) is 0. The van der Waals surface area contributed by atoms with Crippen molar-refractivity contribution in [1.82, 2.24) is 0 Å². The lowest BCUT2D eigenvalue weighted by Crippen LogP contribution is -2.55. The molecule has 5 atom stereocenters. The molecule has 2 heterocycles. The van der Waals surface area contributed by atoms with Gasteiger partial charge in [0.25, 0.3) is 0 Å². The largest absolute Gasteiger partial charge is 0.872 e. The Balaban J connectivity index is 1.86. The monoisotopic (exact) mass is 447 g/mol. The predicted octanol–water partition coefficient (Wildman–Crippen LogP) is -0.835. The Morgan fingerprint density at radius 1 is 0.906 bits per heavy atom. The zero-order valence-corrected chi connectivity index (χ0v) is 16.2. The Morgan fingerprint density at radius 3 is 2.28 bits per heavy atom. The van der Waals surface area contributed by atoms with E-state index in [0.29, 0.717) is 0 Å². The Kier molecular flexibility index (Phi) is 5.44. The number of aliphatic hydroxyl groups excluding tert-OH is 4. The van der Waals surface area contributed by atoms with Gasteiger partial charge in [-0.25, -0.2) is 0 Å². The fourth-order valence-electron chi connectivity index (χ4n) is 3.72. The molecular formula is C21H19O11-. The highest BCUT2D eigenvalue weighted by Gasteiger charge is 2.45. The van der Waals surface area contributed by atoms with E-state index in [0.717, 1.165) is 18.2 Å². The summed E-state index contributed by atoms with van der Waals surface area (Å²) in [6.07, 6.45) is -8.26. The van der Waals surface area contributed by atoms with Crippen molar-refractivity contribution in [2.75, 3.05) is 6.61 Å². The lowest BCUT2D eigenvalue weighted by Gasteiger charge is -2.41. The molecule has 1 aromatic heterocycles. The first-order chi connectivity index (χ1) is 15.1. The van der Waals surface area contributed by atoms with Crippen molar-refractivity contribution >= 4 is 11.0 Å². The molecule has 170 valence electrons. The number of hydrogen-bond acceptors (Lipinski definition) is 11. The van der Waals surface area contributed by atoms with Crippen LogP contribution in [0, 0.1) is 0 Å². The van der Waals surface area contributed by atoms with Gasteiger partial charge in [0.05, 0.1) is 12.0 Å². The minimum absolute atomic E-state index is 0.0582. The molecule has 0 aliphatic carbocycles. The third-order valence-electron chi connectivity index (χ3n) is 5.43. The molecule has 1 aliphatic rings. The quantitative estimate of drug-likeness (QED) is 0.247. The number of aromatic hydroxyl groups is 3. The van der Waals surface area contributed by atoms with Gasteiger partial charge >= 0.3 is 0 Å². The zero-order valence-electron chi connectivity index (χ0n) is 16.2. The Morgan fingerprint density at radius 2 is 1.62 bits per heavy atom. The van der Waals surface area contributed by atoms with Crippen molar-refractivity contribution in [3.8, 4) is 34.3 Å². The fourth-order valence-corrected chi connectivity index (χ4v) is 3.72. The molecule has 0 bridgehead atoms. The van der Waals surface area contributed by atoms with Crippen molar-refractivity contribution in [2.24, 2.45) is 0 Å². The maximum atomic E-state index is 13.1. The molecule has 0 amide bonds. The minimum atomic E-state index is -1.84. The van der Waals surface area contributed by atoms with Crippen LogP contribution >= 0.6 is 0 Å². The second kappa shape index (κ2) is 7.97.